The zero-order valence-electron chi connectivity index (χ0n) is 10.5. The standard InChI is InChI=1S/C15H13ClN2O/c1-9-11(3-2-5-17-9)13-7-10(16)8-14-12(13)4-6-18-15(14)19/h2-3,5,7-8H,4,6H2,1H3,(H,18,19). The van der Waals surface area contributed by atoms with E-state index in [-0.39, 0.29) is 5.91 Å². The molecule has 1 aliphatic rings. The molecule has 0 unspecified atom stereocenters. The van der Waals surface area contributed by atoms with E-state index in [0.29, 0.717) is 17.1 Å². The van der Waals surface area contributed by atoms with Crippen molar-refractivity contribution in [3.05, 3.63) is 52.3 Å². The monoisotopic (exact) mass is 272 g/mol. The van der Waals surface area contributed by atoms with E-state index in [1.165, 1.54) is 0 Å². The van der Waals surface area contributed by atoms with E-state index in [1.807, 2.05) is 25.1 Å². The maximum Gasteiger partial charge on any atom is 0.251 e. The van der Waals surface area contributed by atoms with Crippen molar-refractivity contribution < 1.29 is 4.79 Å². The number of nitrogens with zero attached hydrogens (tertiary/aromatic N) is 1. The minimum Gasteiger partial charge on any atom is -0.352 e. The van der Waals surface area contributed by atoms with Crippen molar-refractivity contribution in [3.8, 4) is 11.1 Å². The topological polar surface area (TPSA) is 42.0 Å². The third-order valence-corrected chi connectivity index (χ3v) is 3.64. The molecule has 0 aliphatic carbocycles. The molecule has 19 heavy (non-hydrogen) atoms. The quantitative estimate of drug-likeness (QED) is 0.867. The molecule has 1 aromatic heterocycles. The number of aryl methyl sites for hydroxylation is 1. The Bertz CT molecular complexity index is 667. The molecular weight excluding hydrogens is 260 g/mol. The van der Waals surface area contributed by atoms with Crippen LogP contribution in [-0.2, 0) is 6.42 Å². The predicted octanol–water partition coefficient (Wildman–Crippen LogP) is 3.00. The molecule has 2 aromatic rings. The van der Waals surface area contributed by atoms with E-state index in [2.05, 4.69) is 10.3 Å². The molecule has 96 valence electrons. The van der Waals surface area contributed by atoms with Gasteiger partial charge < -0.3 is 5.32 Å². The van der Waals surface area contributed by atoms with Gasteiger partial charge in [0.15, 0.2) is 0 Å². The number of pyridine rings is 1. The van der Waals surface area contributed by atoms with E-state index in [9.17, 15) is 4.79 Å². The molecule has 0 bridgehead atoms. The Labute approximate surface area is 116 Å². The number of halogens is 1. The maximum atomic E-state index is 11.9. The van der Waals surface area contributed by atoms with Crippen LogP contribution in [-0.4, -0.2) is 17.4 Å². The van der Waals surface area contributed by atoms with Crippen LogP contribution in [0.5, 0.6) is 0 Å². The third-order valence-electron chi connectivity index (χ3n) is 3.42. The summed E-state index contributed by atoms with van der Waals surface area (Å²) in [6.45, 7) is 2.63. The fourth-order valence-electron chi connectivity index (χ4n) is 2.51. The Morgan fingerprint density at radius 2 is 2.05 bits per heavy atom. The van der Waals surface area contributed by atoms with E-state index < -0.39 is 0 Å². The van der Waals surface area contributed by atoms with Gasteiger partial charge in [-0.15, -0.1) is 0 Å². The second-order valence-corrected chi connectivity index (χ2v) is 5.06. The lowest BCUT2D eigenvalue weighted by Crippen LogP contribution is -2.32. The van der Waals surface area contributed by atoms with Gasteiger partial charge in [0.05, 0.1) is 0 Å². The maximum absolute atomic E-state index is 11.9. The molecule has 3 rings (SSSR count). The number of fused-ring (bicyclic) bond motifs is 1. The summed E-state index contributed by atoms with van der Waals surface area (Å²) in [5.41, 5.74) is 4.73. The van der Waals surface area contributed by atoms with Crippen LogP contribution >= 0.6 is 11.6 Å². The molecule has 4 heteroatoms. The lowest BCUT2D eigenvalue weighted by Gasteiger charge is -2.21. The predicted molar refractivity (Wildman–Crippen MR) is 75.5 cm³/mol. The fraction of sp³-hybridized carbons (Fsp3) is 0.200. The van der Waals surface area contributed by atoms with Gasteiger partial charge in [0.25, 0.3) is 5.91 Å². The summed E-state index contributed by atoms with van der Waals surface area (Å²) in [5.74, 6) is -0.0495. The Kier molecular flexibility index (Phi) is 2.99. The first-order valence-corrected chi connectivity index (χ1v) is 6.57. The number of nitrogens with one attached hydrogen (secondary N) is 1. The zero-order valence-corrected chi connectivity index (χ0v) is 11.3. The SMILES string of the molecule is Cc1ncccc1-c1cc(Cl)cc2c1CCNC2=O. The van der Waals surface area contributed by atoms with Gasteiger partial charge in [0.2, 0.25) is 0 Å². The number of rotatable bonds is 1. The van der Waals surface area contributed by atoms with Crippen LogP contribution in [0.3, 0.4) is 0 Å². The highest BCUT2D eigenvalue weighted by Crippen LogP contribution is 2.32. The van der Waals surface area contributed by atoms with E-state index in [1.54, 1.807) is 12.3 Å². The number of hydrogen-bond acceptors (Lipinski definition) is 2. The average molecular weight is 273 g/mol. The first-order chi connectivity index (χ1) is 9.16. The molecule has 0 radical (unpaired) electrons. The first-order valence-electron chi connectivity index (χ1n) is 6.19. The van der Waals surface area contributed by atoms with Gasteiger partial charge >= 0.3 is 0 Å². The highest BCUT2D eigenvalue weighted by Gasteiger charge is 2.21. The lowest BCUT2D eigenvalue weighted by atomic mass is 9.90. The molecule has 3 nitrogen and oxygen atoms in total. The van der Waals surface area contributed by atoms with Gasteiger partial charge in [-0.3, -0.25) is 9.78 Å². The van der Waals surface area contributed by atoms with E-state index in [4.69, 9.17) is 11.6 Å². The summed E-state index contributed by atoms with van der Waals surface area (Å²) < 4.78 is 0. The highest BCUT2D eigenvalue weighted by molar-refractivity contribution is 6.31. The lowest BCUT2D eigenvalue weighted by molar-refractivity contribution is 0.0946. The number of carbonyl (C=O) groups is 1. The Morgan fingerprint density at radius 3 is 2.84 bits per heavy atom. The van der Waals surface area contributed by atoms with E-state index >= 15 is 0 Å². The number of aromatic nitrogens is 1. The van der Waals surface area contributed by atoms with Crippen LogP contribution < -0.4 is 5.32 Å². The summed E-state index contributed by atoms with van der Waals surface area (Å²) in [7, 11) is 0. The second-order valence-electron chi connectivity index (χ2n) is 4.62. The molecule has 0 saturated heterocycles. The smallest absolute Gasteiger partial charge is 0.251 e. The molecule has 0 fully saturated rings. The van der Waals surface area contributed by atoms with Crippen LogP contribution in [0.25, 0.3) is 11.1 Å². The van der Waals surface area contributed by atoms with Crippen molar-refractivity contribution in [2.75, 3.05) is 6.54 Å². The second kappa shape index (κ2) is 4.67. The fourth-order valence-corrected chi connectivity index (χ4v) is 2.73. The van der Waals surface area contributed by atoms with Crippen molar-refractivity contribution in [3.63, 3.8) is 0 Å². The number of hydrogen-bond donors (Lipinski definition) is 1. The summed E-state index contributed by atoms with van der Waals surface area (Å²) in [6.07, 6.45) is 2.59. The van der Waals surface area contributed by atoms with Crippen LogP contribution in [0.15, 0.2) is 30.5 Å². The molecule has 2 heterocycles. The van der Waals surface area contributed by atoms with Crippen molar-refractivity contribution >= 4 is 17.5 Å². The van der Waals surface area contributed by atoms with Crippen LogP contribution in [0, 0.1) is 6.92 Å². The Morgan fingerprint density at radius 1 is 1.26 bits per heavy atom. The number of benzene rings is 1. The Hall–Kier alpha value is -1.87. The van der Waals surface area contributed by atoms with Crippen LogP contribution in [0.4, 0.5) is 0 Å². The zero-order chi connectivity index (χ0) is 13.4. The van der Waals surface area contributed by atoms with Crippen molar-refractivity contribution in [1.82, 2.24) is 10.3 Å². The largest absolute Gasteiger partial charge is 0.352 e. The summed E-state index contributed by atoms with van der Waals surface area (Å²) in [6, 6.07) is 7.57. The summed E-state index contributed by atoms with van der Waals surface area (Å²) in [4.78, 5) is 16.2. The first kappa shape index (κ1) is 12.2. The number of carbonyl (C=O) groups excluding carboxylic acids is 1. The van der Waals surface area contributed by atoms with Gasteiger partial charge in [-0.2, -0.15) is 0 Å². The van der Waals surface area contributed by atoms with Crippen molar-refractivity contribution in [2.24, 2.45) is 0 Å². The minimum atomic E-state index is -0.0495. The molecule has 1 N–H and O–H groups in total. The van der Waals surface area contributed by atoms with Gasteiger partial charge in [0.1, 0.15) is 0 Å². The van der Waals surface area contributed by atoms with Crippen molar-refractivity contribution in [2.45, 2.75) is 13.3 Å². The molecular formula is C15H13ClN2O. The number of amides is 1. The molecule has 0 spiro atoms. The molecule has 1 aliphatic heterocycles. The van der Waals surface area contributed by atoms with Crippen molar-refractivity contribution in [1.29, 1.82) is 0 Å². The van der Waals surface area contributed by atoms with Gasteiger partial charge in [-0.1, -0.05) is 17.7 Å². The molecule has 1 aromatic carbocycles. The van der Waals surface area contributed by atoms with Gasteiger partial charge in [0, 0.05) is 34.6 Å². The molecule has 1 amide bonds. The average Bonchev–Trinajstić information content (AvgIpc) is 2.40. The van der Waals surface area contributed by atoms with Gasteiger partial charge in [-0.25, -0.2) is 0 Å². The van der Waals surface area contributed by atoms with Gasteiger partial charge in [-0.05, 0) is 42.7 Å². The highest BCUT2D eigenvalue weighted by atomic mass is 35.5. The minimum absolute atomic E-state index is 0.0495. The van der Waals surface area contributed by atoms with Crippen LogP contribution in [0.2, 0.25) is 5.02 Å². The normalized spacial score (nSPS) is 13.9. The third kappa shape index (κ3) is 2.10. The molecule has 0 atom stereocenters. The molecule has 0 saturated carbocycles. The van der Waals surface area contributed by atoms with E-state index in [0.717, 1.165) is 28.8 Å². The summed E-state index contributed by atoms with van der Waals surface area (Å²) >= 11 is 6.15. The Balaban J connectivity index is 2.27. The van der Waals surface area contributed by atoms with Crippen LogP contribution in [0.1, 0.15) is 21.6 Å². The summed E-state index contributed by atoms with van der Waals surface area (Å²) in [5, 5.41) is 3.42.